The number of carbonyl (C=O) groups excluding carboxylic acids is 2. The number of Topliss-reactive ketones (excluding diaryl/α,β-unsaturated/α-hetero) is 1. The molecule has 1 N–H and O–H groups in total. The third kappa shape index (κ3) is 5.25. The summed E-state index contributed by atoms with van der Waals surface area (Å²) in [5, 5.41) is 3.55. The molecule has 31 heavy (non-hydrogen) atoms. The van der Waals surface area contributed by atoms with Crippen molar-refractivity contribution in [2.75, 3.05) is 33.4 Å². The van der Waals surface area contributed by atoms with Crippen molar-refractivity contribution in [3.8, 4) is 0 Å². The van der Waals surface area contributed by atoms with Crippen LogP contribution >= 0.6 is 11.6 Å². The first-order valence-corrected chi connectivity index (χ1v) is 11.1. The molecule has 1 aromatic carbocycles. The number of ether oxygens (including phenoxy) is 2. The second-order valence-corrected chi connectivity index (χ2v) is 9.21. The number of hydrogen-bond acceptors (Lipinski definition) is 6. The SMILES string of the molecule is CCOC(=O)C1=C(COCCNC)N=C2CC(C)(C)CC(=O)C2C1c1ccccc1Cl. The number of carbonyl (C=O) groups is 2. The fourth-order valence-electron chi connectivity index (χ4n) is 4.47. The average Bonchev–Trinajstić information content (AvgIpc) is 2.70. The van der Waals surface area contributed by atoms with E-state index < -0.39 is 17.8 Å². The van der Waals surface area contributed by atoms with E-state index in [9.17, 15) is 9.59 Å². The van der Waals surface area contributed by atoms with Gasteiger partial charge in [0.1, 0.15) is 5.78 Å². The number of ketones is 1. The minimum atomic E-state index is -0.535. The molecule has 0 amide bonds. The number of fused-ring (bicyclic) bond motifs is 1. The quantitative estimate of drug-likeness (QED) is 0.483. The summed E-state index contributed by atoms with van der Waals surface area (Å²) in [6, 6.07) is 7.37. The lowest BCUT2D eigenvalue weighted by Gasteiger charge is -2.41. The van der Waals surface area contributed by atoms with Crippen molar-refractivity contribution >= 4 is 29.1 Å². The molecule has 7 heteroatoms. The van der Waals surface area contributed by atoms with Crippen molar-refractivity contribution in [1.82, 2.24) is 5.32 Å². The van der Waals surface area contributed by atoms with Crippen LogP contribution in [0.25, 0.3) is 0 Å². The van der Waals surface area contributed by atoms with Crippen molar-refractivity contribution in [2.45, 2.75) is 39.5 Å². The van der Waals surface area contributed by atoms with Crippen LogP contribution in [0.15, 0.2) is 40.5 Å². The highest BCUT2D eigenvalue weighted by Gasteiger charge is 2.48. The van der Waals surface area contributed by atoms with Crippen LogP contribution in [0.3, 0.4) is 0 Å². The summed E-state index contributed by atoms with van der Waals surface area (Å²) in [6.45, 7) is 7.46. The van der Waals surface area contributed by atoms with E-state index in [1.807, 2.05) is 25.2 Å². The number of hydrogen-bond donors (Lipinski definition) is 1. The van der Waals surface area contributed by atoms with Crippen LogP contribution in [-0.2, 0) is 19.1 Å². The third-order valence-corrected chi connectivity index (χ3v) is 6.07. The van der Waals surface area contributed by atoms with E-state index in [2.05, 4.69) is 19.2 Å². The van der Waals surface area contributed by atoms with Gasteiger partial charge in [-0.1, -0.05) is 43.6 Å². The monoisotopic (exact) mass is 446 g/mol. The molecule has 0 aromatic heterocycles. The zero-order valence-corrected chi connectivity index (χ0v) is 19.4. The van der Waals surface area contributed by atoms with Gasteiger partial charge in [-0.05, 0) is 37.4 Å². The van der Waals surface area contributed by atoms with Crippen LogP contribution in [0.5, 0.6) is 0 Å². The summed E-state index contributed by atoms with van der Waals surface area (Å²) in [5.41, 5.74) is 2.26. The Morgan fingerprint density at radius 3 is 2.68 bits per heavy atom. The van der Waals surface area contributed by atoms with Crippen molar-refractivity contribution in [3.05, 3.63) is 46.1 Å². The van der Waals surface area contributed by atoms with E-state index in [0.717, 1.165) is 11.3 Å². The van der Waals surface area contributed by atoms with Crippen LogP contribution in [0.2, 0.25) is 5.02 Å². The highest BCUT2D eigenvalue weighted by Crippen LogP contribution is 2.48. The molecule has 0 saturated heterocycles. The van der Waals surface area contributed by atoms with E-state index in [1.54, 1.807) is 13.0 Å². The van der Waals surface area contributed by atoms with Gasteiger partial charge in [0.15, 0.2) is 0 Å². The van der Waals surface area contributed by atoms with E-state index >= 15 is 0 Å². The van der Waals surface area contributed by atoms with Crippen LogP contribution in [0, 0.1) is 11.3 Å². The van der Waals surface area contributed by atoms with Crippen molar-refractivity contribution in [3.63, 3.8) is 0 Å². The van der Waals surface area contributed by atoms with Gasteiger partial charge in [0.25, 0.3) is 0 Å². The van der Waals surface area contributed by atoms with Gasteiger partial charge in [-0.25, -0.2) is 4.79 Å². The molecular weight excluding hydrogens is 416 g/mol. The Hall–Kier alpha value is -2.02. The number of aliphatic imine (C=N–C) groups is 1. The van der Waals surface area contributed by atoms with Crippen molar-refractivity contribution in [2.24, 2.45) is 16.3 Å². The number of benzene rings is 1. The highest BCUT2D eigenvalue weighted by atomic mass is 35.5. The molecule has 1 aliphatic carbocycles. The fourth-order valence-corrected chi connectivity index (χ4v) is 4.72. The van der Waals surface area contributed by atoms with Crippen LogP contribution in [0.4, 0.5) is 0 Å². The van der Waals surface area contributed by atoms with Gasteiger partial charge in [-0.15, -0.1) is 0 Å². The zero-order valence-electron chi connectivity index (χ0n) is 18.7. The maximum Gasteiger partial charge on any atom is 0.336 e. The number of nitrogens with one attached hydrogen (secondary N) is 1. The molecule has 1 heterocycles. The van der Waals surface area contributed by atoms with Crippen molar-refractivity contribution in [1.29, 1.82) is 0 Å². The largest absolute Gasteiger partial charge is 0.463 e. The molecule has 1 aliphatic heterocycles. The lowest BCUT2D eigenvalue weighted by atomic mass is 9.63. The van der Waals surface area contributed by atoms with Crippen LogP contribution < -0.4 is 5.32 Å². The summed E-state index contributed by atoms with van der Waals surface area (Å²) < 4.78 is 11.2. The van der Waals surface area contributed by atoms with Gasteiger partial charge < -0.3 is 14.8 Å². The van der Waals surface area contributed by atoms with Gasteiger partial charge >= 0.3 is 5.97 Å². The fraction of sp³-hybridized carbons (Fsp3) is 0.542. The molecule has 2 aliphatic rings. The van der Waals surface area contributed by atoms with Crippen LogP contribution in [0.1, 0.15) is 45.1 Å². The van der Waals surface area contributed by atoms with Gasteiger partial charge in [-0.2, -0.15) is 0 Å². The number of nitrogens with zero attached hydrogens (tertiary/aromatic N) is 1. The predicted octanol–water partition coefficient (Wildman–Crippen LogP) is 3.94. The molecule has 1 aromatic rings. The molecule has 1 saturated carbocycles. The second kappa shape index (κ2) is 10.1. The smallest absolute Gasteiger partial charge is 0.336 e. The normalized spacial score (nSPS) is 22.7. The molecule has 3 rings (SSSR count). The van der Waals surface area contributed by atoms with Crippen molar-refractivity contribution < 1.29 is 19.1 Å². The Morgan fingerprint density at radius 1 is 1.26 bits per heavy atom. The topological polar surface area (TPSA) is 77.0 Å². The Bertz CT molecular complexity index is 907. The summed E-state index contributed by atoms with van der Waals surface area (Å²) >= 11 is 6.57. The number of halogens is 1. The second-order valence-electron chi connectivity index (χ2n) is 8.80. The zero-order chi connectivity index (χ0) is 22.6. The van der Waals surface area contributed by atoms with Gasteiger partial charge in [0.05, 0.1) is 37.0 Å². The molecule has 1 fully saturated rings. The lowest BCUT2D eigenvalue weighted by molar-refractivity contribution is -0.139. The predicted molar refractivity (Wildman–Crippen MR) is 122 cm³/mol. The standard InChI is InChI=1S/C24H31ClN2O4/c1-5-31-23(29)22-18(14-30-11-10-26-4)27-17-12-24(2,3)13-19(28)21(17)20(22)15-8-6-7-9-16(15)25/h6-9,20-21,26H,5,10-14H2,1-4H3. The number of likely N-dealkylation sites (N-methyl/N-ethyl adjacent to an activating group) is 1. The van der Waals surface area contributed by atoms with E-state index in [4.69, 9.17) is 26.1 Å². The molecule has 168 valence electrons. The molecule has 0 bridgehead atoms. The Labute approximate surface area is 189 Å². The van der Waals surface area contributed by atoms with E-state index in [-0.39, 0.29) is 24.4 Å². The molecule has 0 spiro atoms. The van der Waals surface area contributed by atoms with Crippen LogP contribution in [-0.4, -0.2) is 50.9 Å². The Morgan fingerprint density at radius 2 is 2.00 bits per heavy atom. The highest BCUT2D eigenvalue weighted by molar-refractivity contribution is 6.31. The maximum atomic E-state index is 13.3. The summed E-state index contributed by atoms with van der Waals surface area (Å²) in [6.07, 6.45) is 1.11. The van der Waals surface area contributed by atoms with E-state index in [0.29, 0.717) is 42.3 Å². The van der Waals surface area contributed by atoms with Gasteiger partial charge in [-0.3, -0.25) is 9.79 Å². The summed E-state index contributed by atoms with van der Waals surface area (Å²) in [5.74, 6) is -1.45. The van der Waals surface area contributed by atoms with Gasteiger partial charge in [0, 0.05) is 29.6 Å². The lowest BCUT2D eigenvalue weighted by Crippen LogP contribution is -2.44. The molecule has 6 nitrogen and oxygen atoms in total. The first-order chi connectivity index (χ1) is 14.8. The van der Waals surface area contributed by atoms with Gasteiger partial charge in [0.2, 0.25) is 0 Å². The average molecular weight is 447 g/mol. The molecule has 2 unspecified atom stereocenters. The summed E-state index contributed by atoms with van der Waals surface area (Å²) in [7, 11) is 1.85. The minimum Gasteiger partial charge on any atom is -0.463 e. The molecule has 2 atom stereocenters. The first-order valence-electron chi connectivity index (χ1n) is 10.8. The number of esters is 1. The molecular formula is C24H31ClN2O4. The minimum absolute atomic E-state index is 0.0804. The summed E-state index contributed by atoms with van der Waals surface area (Å²) in [4.78, 5) is 31.3. The molecule has 0 radical (unpaired) electrons. The van der Waals surface area contributed by atoms with E-state index in [1.165, 1.54) is 0 Å². The Balaban J connectivity index is 2.16. The first kappa shape index (κ1) is 23.6. The maximum absolute atomic E-state index is 13.3. The number of rotatable bonds is 8. The Kier molecular flexibility index (Phi) is 7.68. The third-order valence-electron chi connectivity index (χ3n) is 5.72.